The molecule has 0 fully saturated rings. The molecule has 1 aliphatic carbocycles. The number of aromatic hydroxyl groups is 2. The first-order valence-corrected chi connectivity index (χ1v) is 9.08. The lowest BCUT2D eigenvalue weighted by Gasteiger charge is -2.25. The molecule has 1 aromatic carbocycles. The van der Waals surface area contributed by atoms with E-state index in [0.717, 1.165) is 30.7 Å². The Morgan fingerprint density at radius 1 is 1.13 bits per heavy atom. The van der Waals surface area contributed by atoms with Crippen molar-refractivity contribution in [2.75, 3.05) is 0 Å². The van der Waals surface area contributed by atoms with Gasteiger partial charge in [0.15, 0.2) is 11.6 Å². The van der Waals surface area contributed by atoms with Crippen LogP contribution in [-0.2, 0) is 9.53 Å². The van der Waals surface area contributed by atoms with E-state index in [4.69, 9.17) is 4.74 Å². The summed E-state index contributed by atoms with van der Waals surface area (Å²) in [6.07, 6.45) is -4.91. The zero-order chi connectivity index (χ0) is 22.8. The van der Waals surface area contributed by atoms with E-state index in [1.807, 2.05) is 0 Å². The van der Waals surface area contributed by atoms with Crippen molar-refractivity contribution >= 4 is 17.5 Å². The third-order valence-corrected chi connectivity index (χ3v) is 4.47. The van der Waals surface area contributed by atoms with E-state index >= 15 is 0 Å². The summed E-state index contributed by atoms with van der Waals surface area (Å²) in [4.78, 5) is 37.6. The lowest BCUT2D eigenvalue weighted by molar-refractivity contribution is -0.168. The van der Waals surface area contributed by atoms with Gasteiger partial charge in [0.05, 0.1) is 23.5 Å². The molecule has 0 bridgehead atoms. The summed E-state index contributed by atoms with van der Waals surface area (Å²) in [6, 6.07) is 2.09. The van der Waals surface area contributed by atoms with E-state index in [1.165, 1.54) is 0 Å². The van der Waals surface area contributed by atoms with Gasteiger partial charge in [0.2, 0.25) is 0 Å². The van der Waals surface area contributed by atoms with Crippen LogP contribution in [0.25, 0.3) is 0 Å². The van der Waals surface area contributed by atoms with Crippen LogP contribution in [0.15, 0.2) is 35.4 Å². The van der Waals surface area contributed by atoms with Crippen LogP contribution in [0.5, 0.6) is 11.5 Å². The first-order valence-electron chi connectivity index (χ1n) is 9.08. The molecule has 162 valence electrons. The van der Waals surface area contributed by atoms with Gasteiger partial charge < -0.3 is 14.9 Å². The van der Waals surface area contributed by atoms with Crippen molar-refractivity contribution in [3.05, 3.63) is 46.6 Å². The Balaban J connectivity index is 2.41. The lowest BCUT2D eigenvalue weighted by Crippen LogP contribution is -2.32. The summed E-state index contributed by atoms with van der Waals surface area (Å²) in [5.41, 5.74) is -0.338. The number of hydrogen-bond acceptors (Lipinski definition) is 6. The van der Waals surface area contributed by atoms with Crippen LogP contribution in [0.1, 0.15) is 54.3 Å². The van der Waals surface area contributed by atoms with Crippen LogP contribution in [0.3, 0.4) is 0 Å². The van der Waals surface area contributed by atoms with E-state index < -0.39 is 59.2 Å². The van der Waals surface area contributed by atoms with Crippen LogP contribution in [-0.4, -0.2) is 40.0 Å². The quantitative estimate of drug-likeness (QED) is 0.401. The third-order valence-electron chi connectivity index (χ3n) is 4.47. The molecular formula is C21H21F3O6. The number of carbonyl (C=O) groups is 3. The SMILES string of the molecule is CC(C)=CCC(OC(=O)C(C)CC(F)(F)F)C1=CC(=O)c2c(O)ccc(O)c2C1=O. The molecule has 6 nitrogen and oxygen atoms in total. The number of esters is 1. The highest BCUT2D eigenvalue weighted by Crippen LogP contribution is 2.36. The van der Waals surface area contributed by atoms with Gasteiger partial charge in [0.1, 0.15) is 17.6 Å². The van der Waals surface area contributed by atoms with Gasteiger partial charge in [-0.2, -0.15) is 13.2 Å². The second kappa shape index (κ2) is 8.73. The summed E-state index contributed by atoms with van der Waals surface area (Å²) < 4.78 is 43.0. The molecule has 0 saturated heterocycles. The second-order valence-corrected chi connectivity index (χ2v) is 7.31. The fraction of sp³-hybridized carbons (Fsp3) is 0.381. The van der Waals surface area contributed by atoms with Crippen molar-refractivity contribution < 1.29 is 42.5 Å². The zero-order valence-electron chi connectivity index (χ0n) is 16.5. The Morgan fingerprint density at radius 3 is 2.23 bits per heavy atom. The molecule has 9 heteroatoms. The number of benzene rings is 1. The number of alkyl halides is 3. The molecular weight excluding hydrogens is 405 g/mol. The minimum absolute atomic E-state index is 0.0629. The summed E-state index contributed by atoms with van der Waals surface area (Å²) >= 11 is 0. The number of carbonyl (C=O) groups excluding carboxylic acids is 3. The number of hydrogen-bond donors (Lipinski definition) is 2. The summed E-state index contributed by atoms with van der Waals surface area (Å²) in [5, 5.41) is 19.9. The van der Waals surface area contributed by atoms with Crippen molar-refractivity contribution in [1.82, 2.24) is 0 Å². The van der Waals surface area contributed by atoms with E-state index in [2.05, 4.69) is 0 Å². The number of fused-ring (bicyclic) bond motifs is 1. The smallest absolute Gasteiger partial charge is 0.389 e. The molecule has 2 N–H and O–H groups in total. The highest BCUT2D eigenvalue weighted by atomic mass is 19.4. The third kappa shape index (κ3) is 5.28. The Labute approximate surface area is 170 Å². The van der Waals surface area contributed by atoms with Crippen LogP contribution in [0, 0.1) is 5.92 Å². The largest absolute Gasteiger partial charge is 0.507 e. The van der Waals surface area contributed by atoms with Crippen LogP contribution < -0.4 is 0 Å². The van der Waals surface area contributed by atoms with Crippen molar-refractivity contribution in [1.29, 1.82) is 0 Å². The van der Waals surface area contributed by atoms with Gasteiger partial charge in [0, 0.05) is 12.0 Å². The van der Waals surface area contributed by atoms with E-state index in [9.17, 15) is 37.8 Å². The summed E-state index contributed by atoms with van der Waals surface area (Å²) in [6.45, 7) is 4.51. The maximum atomic E-state index is 12.9. The Kier molecular flexibility index (Phi) is 6.74. The predicted octanol–water partition coefficient (Wildman–Crippen LogP) is 4.26. The minimum Gasteiger partial charge on any atom is -0.507 e. The van der Waals surface area contributed by atoms with Gasteiger partial charge in [-0.25, -0.2) is 0 Å². The number of ether oxygens (including phenoxy) is 1. The maximum absolute atomic E-state index is 12.9. The Morgan fingerprint density at radius 2 is 1.70 bits per heavy atom. The number of phenolic OH excluding ortho intramolecular Hbond substituents is 2. The molecule has 0 radical (unpaired) electrons. The van der Waals surface area contributed by atoms with E-state index in [1.54, 1.807) is 19.9 Å². The first-order chi connectivity index (χ1) is 13.8. The maximum Gasteiger partial charge on any atom is 0.389 e. The highest BCUT2D eigenvalue weighted by Gasteiger charge is 2.38. The second-order valence-electron chi connectivity index (χ2n) is 7.31. The molecule has 0 amide bonds. The predicted molar refractivity (Wildman–Crippen MR) is 100 cm³/mol. The van der Waals surface area contributed by atoms with E-state index in [0.29, 0.717) is 0 Å². The van der Waals surface area contributed by atoms with Gasteiger partial charge >= 0.3 is 12.1 Å². The number of phenols is 2. The van der Waals surface area contributed by atoms with Gasteiger partial charge in [-0.05, 0) is 32.1 Å². The van der Waals surface area contributed by atoms with Gasteiger partial charge in [-0.1, -0.05) is 18.6 Å². The molecule has 0 heterocycles. The summed E-state index contributed by atoms with van der Waals surface area (Å²) in [5.74, 6) is -5.40. The van der Waals surface area contributed by atoms with Crippen LogP contribution >= 0.6 is 0 Å². The first kappa shape index (κ1) is 23.2. The molecule has 0 aliphatic heterocycles. The molecule has 2 atom stereocenters. The topological polar surface area (TPSA) is 101 Å². The van der Waals surface area contributed by atoms with Gasteiger partial charge in [-0.3, -0.25) is 14.4 Å². The Hall–Kier alpha value is -3.10. The lowest BCUT2D eigenvalue weighted by atomic mass is 9.85. The van der Waals surface area contributed by atoms with Crippen molar-refractivity contribution in [3.8, 4) is 11.5 Å². The minimum atomic E-state index is -4.58. The fourth-order valence-electron chi connectivity index (χ4n) is 2.99. The van der Waals surface area contributed by atoms with Crippen LogP contribution in [0.2, 0.25) is 0 Å². The standard InChI is InChI=1S/C21H21F3O6/c1-10(2)4-7-16(30-20(29)11(3)9-21(22,23)24)12-8-15(27)17-13(25)5-6-14(26)18(17)19(12)28/h4-6,8,11,16,25-26H,7,9H2,1-3H3. The van der Waals surface area contributed by atoms with Crippen molar-refractivity contribution in [3.63, 3.8) is 0 Å². The van der Waals surface area contributed by atoms with Gasteiger partial charge in [0.25, 0.3) is 0 Å². The molecule has 30 heavy (non-hydrogen) atoms. The van der Waals surface area contributed by atoms with E-state index in [-0.39, 0.29) is 17.6 Å². The molecule has 1 aromatic rings. The fourth-order valence-corrected chi connectivity index (χ4v) is 2.99. The average molecular weight is 426 g/mol. The summed E-state index contributed by atoms with van der Waals surface area (Å²) in [7, 11) is 0. The number of rotatable bonds is 6. The molecule has 0 aromatic heterocycles. The molecule has 1 aliphatic rings. The number of Topliss-reactive ketones (excluding diaryl/α,β-unsaturated/α-hetero) is 1. The zero-order valence-corrected chi connectivity index (χ0v) is 16.5. The van der Waals surface area contributed by atoms with Gasteiger partial charge in [-0.15, -0.1) is 0 Å². The molecule has 2 unspecified atom stereocenters. The Bertz CT molecular complexity index is 939. The normalized spacial score (nSPS) is 15.7. The van der Waals surface area contributed by atoms with Crippen molar-refractivity contribution in [2.45, 2.75) is 45.9 Å². The number of ketones is 2. The van der Waals surface area contributed by atoms with Crippen molar-refractivity contribution in [2.24, 2.45) is 5.92 Å². The molecule has 0 saturated carbocycles. The molecule has 2 rings (SSSR count). The molecule has 0 spiro atoms. The monoisotopic (exact) mass is 426 g/mol. The average Bonchev–Trinajstić information content (AvgIpc) is 2.61. The number of allylic oxidation sites excluding steroid dienone is 2. The number of halogens is 3. The van der Waals surface area contributed by atoms with Crippen LogP contribution in [0.4, 0.5) is 13.2 Å². The highest BCUT2D eigenvalue weighted by molar-refractivity contribution is 6.27.